The number of ether oxygens (including phenoxy) is 1. The summed E-state index contributed by atoms with van der Waals surface area (Å²) in [5, 5.41) is 6.53. The fourth-order valence-corrected chi connectivity index (χ4v) is 2.17. The first-order chi connectivity index (χ1) is 12.5. The number of hydrogen-bond acceptors (Lipinski definition) is 4. The van der Waals surface area contributed by atoms with E-state index in [9.17, 15) is 14.0 Å². The second-order valence-corrected chi connectivity index (χ2v) is 5.60. The van der Waals surface area contributed by atoms with Crippen LogP contribution in [0.4, 0.5) is 4.39 Å². The Balaban J connectivity index is 2.05. The van der Waals surface area contributed by atoms with Crippen LogP contribution in [0.5, 0.6) is 5.75 Å². The summed E-state index contributed by atoms with van der Waals surface area (Å²) in [6.07, 6.45) is 1.31. The molecule has 0 saturated heterocycles. The molecule has 136 valence electrons. The Morgan fingerprint density at radius 2 is 2.04 bits per heavy atom. The first-order valence-corrected chi connectivity index (χ1v) is 8.15. The van der Waals surface area contributed by atoms with Crippen LogP contribution in [0.15, 0.2) is 47.6 Å². The third-order valence-electron chi connectivity index (χ3n) is 3.17. The van der Waals surface area contributed by atoms with Gasteiger partial charge in [-0.3, -0.25) is 9.59 Å². The van der Waals surface area contributed by atoms with Crippen LogP contribution in [0.2, 0.25) is 5.02 Å². The smallest absolute Gasteiger partial charge is 0.329 e. The van der Waals surface area contributed by atoms with Gasteiger partial charge in [0.25, 0.3) is 0 Å². The summed E-state index contributed by atoms with van der Waals surface area (Å²) in [7, 11) is 0. The van der Waals surface area contributed by atoms with E-state index in [4.69, 9.17) is 16.3 Å². The number of nitrogens with one attached hydrogen (secondary N) is 2. The van der Waals surface area contributed by atoms with Crippen molar-refractivity contribution in [2.24, 2.45) is 5.10 Å². The maximum Gasteiger partial charge on any atom is 0.329 e. The van der Waals surface area contributed by atoms with E-state index in [-0.39, 0.29) is 12.4 Å². The van der Waals surface area contributed by atoms with E-state index in [1.807, 2.05) is 0 Å². The average molecular weight is 378 g/mol. The molecule has 2 rings (SSSR count). The van der Waals surface area contributed by atoms with Gasteiger partial charge in [-0.25, -0.2) is 9.82 Å². The Morgan fingerprint density at radius 1 is 1.23 bits per heavy atom. The summed E-state index contributed by atoms with van der Waals surface area (Å²) in [5.41, 5.74) is 3.26. The van der Waals surface area contributed by atoms with Gasteiger partial charge in [-0.1, -0.05) is 23.7 Å². The van der Waals surface area contributed by atoms with E-state index >= 15 is 0 Å². The van der Waals surface area contributed by atoms with Crippen molar-refractivity contribution < 1.29 is 18.7 Å². The Bertz CT molecular complexity index is 827. The maximum absolute atomic E-state index is 13.2. The SMILES string of the molecule is CCNC(=O)C(=O)N/N=C\c1cc(Cl)ccc1OCc1cccc(F)c1. The average Bonchev–Trinajstić information content (AvgIpc) is 2.61. The monoisotopic (exact) mass is 377 g/mol. The molecule has 0 spiro atoms. The van der Waals surface area contributed by atoms with Crippen molar-refractivity contribution in [3.8, 4) is 5.75 Å². The van der Waals surface area contributed by atoms with Gasteiger partial charge in [0.15, 0.2) is 0 Å². The highest BCUT2D eigenvalue weighted by Crippen LogP contribution is 2.22. The lowest BCUT2D eigenvalue weighted by Gasteiger charge is -2.09. The van der Waals surface area contributed by atoms with Crippen LogP contribution in [0.1, 0.15) is 18.1 Å². The van der Waals surface area contributed by atoms with E-state index in [2.05, 4.69) is 15.8 Å². The standard InChI is InChI=1S/C18H17ClFN3O3/c1-2-21-17(24)18(25)23-22-10-13-9-14(19)6-7-16(13)26-11-12-4-3-5-15(20)8-12/h3-10H,2,11H2,1H3,(H,21,24)(H,23,25)/b22-10-. The van der Waals surface area contributed by atoms with Gasteiger partial charge in [0.05, 0.1) is 6.21 Å². The number of hydrazone groups is 1. The molecule has 0 aliphatic heterocycles. The number of benzene rings is 2. The lowest BCUT2D eigenvalue weighted by atomic mass is 10.2. The summed E-state index contributed by atoms with van der Waals surface area (Å²) >= 11 is 5.97. The fourth-order valence-electron chi connectivity index (χ4n) is 1.99. The molecule has 0 unspecified atom stereocenters. The summed E-state index contributed by atoms with van der Waals surface area (Å²) in [5.74, 6) is -1.57. The minimum absolute atomic E-state index is 0.144. The minimum Gasteiger partial charge on any atom is -0.488 e. The molecule has 2 amide bonds. The Morgan fingerprint density at radius 3 is 2.77 bits per heavy atom. The lowest BCUT2D eigenvalue weighted by Crippen LogP contribution is -2.37. The number of carbonyl (C=O) groups is 2. The first kappa shape index (κ1) is 19.4. The van der Waals surface area contributed by atoms with Gasteiger partial charge < -0.3 is 10.1 Å². The number of rotatable bonds is 6. The molecule has 2 aromatic rings. The number of amides is 2. The van der Waals surface area contributed by atoms with E-state index in [0.717, 1.165) is 0 Å². The highest BCUT2D eigenvalue weighted by molar-refractivity contribution is 6.35. The lowest BCUT2D eigenvalue weighted by molar-refractivity contribution is -0.139. The van der Waals surface area contributed by atoms with Crippen LogP contribution in [0.3, 0.4) is 0 Å². The summed E-state index contributed by atoms with van der Waals surface area (Å²) in [4.78, 5) is 22.8. The van der Waals surface area contributed by atoms with Gasteiger partial charge in [0.2, 0.25) is 0 Å². The quantitative estimate of drug-likeness (QED) is 0.461. The molecular formula is C18H17ClFN3O3. The zero-order valence-corrected chi connectivity index (χ0v) is 14.7. The Hall–Kier alpha value is -2.93. The van der Waals surface area contributed by atoms with E-state index < -0.39 is 11.8 Å². The van der Waals surface area contributed by atoms with Crippen molar-refractivity contribution in [3.05, 3.63) is 64.4 Å². The number of hydrogen-bond donors (Lipinski definition) is 2. The predicted molar refractivity (Wildman–Crippen MR) is 96.6 cm³/mol. The topological polar surface area (TPSA) is 79.8 Å². The van der Waals surface area contributed by atoms with Crippen molar-refractivity contribution >= 4 is 29.6 Å². The van der Waals surface area contributed by atoms with Gasteiger partial charge in [-0.2, -0.15) is 5.10 Å². The molecule has 0 aliphatic carbocycles. The van der Waals surface area contributed by atoms with Gasteiger partial charge in [0.1, 0.15) is 18.2 Å². The minimum atomic E-state index is -0.882. The molecule has 0 bridgehead atoms. The third-order valence-corrected chi connectivity index (χ3v) is 3.40. The van der Waals surface area contributed by atoms with Crippen molar-refractivity contribution in [1.82, 2.24) is 10.7 Å². The van der Waals surface area contributed by atoms with Crippen LogP contribution in [0.25, 0.3) is 0 Å². The highest BCUT2D eigenvalue weighted by Gasteiger charge is 2.10. The molecule has 26 heavy (non-hydrogen) atoms. The fraction of sp³-hybridized carbons (Fsp3) is 0.167. The van der Waals surface area contributed by atoms with Crippen molar-refractivity contribution in [1.29, 1.82) is 0 Å². The van der Waals surface area contributed by atoms with Crippen LogP contribution in [-0.2, 0) is 16.2 Å². The molecule has 0 heterocycles. The Labute approximate surface area is 155 Å². The molecule has 0 atom stereocenters. The van der Waals surface area contributed by atoms with Gasteiger partial charge in [0, 0.05) is 17.1 Å². The van der Waals surface area contributed by atoms with Crippen molar-refractivity contribution in [2.45, 2.75) is 13.5 Å². The molecule has 0 saturated carbocycles. The molecule has 0 aliphatic rings. The number of carbonyl (C=O) groups excluding carboxylic acids is 2. The zero-order chi connectivity index (χ0) is 18.9. The summed E-state index contributed by atoms with van der Waals surface area (Å²) in [6, 6.07) is 10.9. The molecule has 0 fully saturated rings. The molecular weight excluding hydrogens is 361 g/mol. The number of likely N-dealkylation sites (N-methyl/N-ethyl adjacent to an activating group) is 1. The van der Waals surface area contributed by atoms with E-state index in [1.54, 1.807) is 37.3 Å². The third kappa shape index (κ3) is 5.86. The first-order valence-electron chi connectivity index (χ1n) is 7.77. The predicted octanol–water partition coefficient (Wildman–Crippen LogP) is 2.64. The molecule has 6 nitrogen and oxygen atoms in total. The largest absolute Gasteiger partial charge is 0.488 e. The normalized spacial score (nSPS) is 10.6. The van der Waals surface area contributed by atoms with Crippen LogP contribution in [0, 0.1) is 5.82 Å². The summed E-state index contributed by atoms with van der Waals surface area (Å²) in [6.45, 7) is 2.18. The van der Waals surface area contributed by atoms with Gasteiger partial charge in [-0.05, 0) is 42.8 Å². The molecule has 2 aromatic carbocycles. The molecule has 0 radical (unpaired) electrons. The van der Waals surface area contributed by atoms with E-state index in [1.165, 1.54) is 18.3 Å². The van der Waals surface area contributed by atoms with Crippen LogP contribution < -0.4 is 15.5 Å². The summed E-state index contributed by atoms with van der Waals surface area (Å²) < 4.78 is 18.9. The molecule has 8 heteroatoms. The number of halogens is 2. The van der Waals surface area contributed by atoms with Gasteiger partial charge >= 0.3 is 11.8 Å². The van der Waals surface area contributed by atoms with Crippen molar-refractivity contribution in [3.63, 3.8) is 0 Å². The van der Waals surface area contributed by atoms with E-state index in [0.29, 0.717) is 28.4 Å². The van der Waals surface area contributed by atoms with Gasteiger partial charge in [-0.15, -0.1) is 0 Å². The second-order valence-electron chi connectivity index (χ2n) is 5.16. The zero-order valence-electron chi connectivity index (χ0n) is 14.0. The Kier molecular flexibility index (Phi) is 7.11. The number of nitrogens with zero attached hydrogens (tertiary/aromatic N) is 1. The molecule has 2 N–H and O–H groups in total. The van der Waals surface area contributed by atoms with Crippen LogP contribution in [-0.4, -0.2) is 24.6 Å². The molecule has 0 aromatic heterocycles. The van der Waals surface area contributed by atoms with Crippen LogP contribution >= 0.6 is 11.6 Å². The maximum atomic E-state index is 13.2. The second kappa shape index (κ2) is 9.53. The van der Waals surface area contributed by atoms with Crippen molar-refractivity contribution in [2.75, 3.05) is 6.54 Å². The highest BCUT2D eigenvalue weighted by atomic mass is 35.5.